The first-order valence-electron chi connectivity index (χ1n) is 3.21. The molecule has 0 bridgehead atoms. The van der Waals surface area contributed by atoms with Crippen LogP contribution < -0.4 is 0 Å². The smallest absolute Gasteiger partial charge is 0.240 e. The van der Waals surface area contributed by atoms with Crippen molar-refractivity contribution in [3.05, 3.63) is 35.9 Å². The molecule has 0 aliphatic heterocycles. The minimum atomic E-state index is -4.82. The van der Waals surface area contributed by atoms with E-state index in [2.05, 4.69) is 4.18 Å². The van der Waals surface area contributed by atoms with Gasteiger partial charge in [-0.25, -0.2) is 4.18 Å². The Morgan fingerprint density at radius 3 is 2.33 bits per heavy atom. The Balaban J connectivity index is 2.56. The van der Waals surface area contributed by atoms with E-state index in [0.29, 0.717) is 5.56 Å². The lowest BCUT2D eigenvalue weighted by Crippen LogP contribution is -1.98. The van der Waals surface area contributed by atoms with Crippen LogP contribution >= 0.6 is 0 Å². The molecular weight excluding hydrogens is 183 g/mol. The summed E-state index contributed by atoms with van der Waals surface area (Å²) in [6.45, 7) is -0.264. The fourth-order valence-electron chi connectivity index (χ4n) is 0.713. The molecule has 0 amide bonds. The van der Waals surface area contributed by atoms with E-state index in [1.54, 1.807) is 30.3 Å². The van der Waals surface area contributed by atoms with Crippen molar-refractivity contribution < 1.29 is 16.5 Å². The third kappa shape index (κ3) is 3.45. The number of halogens is 1. The van der Waals surface area contributed by atoms with Gasteiger partial charge in [0, 0.05) is 0 Å². The van der Waals surface area contributed by atoms with E-state index >= 15 is 0 Å². The number of hydrogen-bond acceptors (Lipinski definition) is 3. The average molecular weight is 190 g/mol. The summed E-state index contributed by atoms with van der Waals surface area (Å²) in [5.74, 6) is 0. The van der Waals surface area contributed by atoms with E-state index in [0.717, 1.165) is 0 Å². The SMILES string of the molecule is O=S(=O)(F)OCc1ccccc1. The molecule has 0 saturated carbocycles. The van der Waals surface area contributed by atoms with Gasteiger partial charge < -0.3 is 0 Å². The summed E-state index contributed by atoms with van der Waals surface area (Å²) in [5.41, 5.74) is 0.610. The molecule has 0 aliphatic rings. The molecule has 0 radical (unpaired) electrons. The molecule has 0 fully saturated rings. The highest BCUT2D eigenvalue weighted by molar-refractivity contribution is 7.81. The molecule has 0 aromatic heterocycles. The van der Waals surface area contributed by atoms with E-state index in [9.17, 15) is 12.3 Å². The van der Waals surface area contributed by atoms with Gasteiger partial charge in [-0.2, -0.15) is 8.42 Å². The van der Waals surface area contributed by atoms with E-state index < -0.39 is 10.5 Å². The predicted molar refractivity (Wildman–Crippen MR) is 41.3 cm³/mol. The Kier molecular flexibility index (Phi) is 2.78. The van der Waals surface area contributed by atoms with Gasteiger partial charge in [-0.15, -0.1) is 0 Å². The third-order valence-electron chi connectivity index (χ3n) is 1.21. The first-order valence-corrected chi connectivity index (χ1v) is 4.52. The maximum Gasteiger partial charge on any atom is 0.437 e. The molecule has 12 heavy (non-hydrogen) atoms. The standard InChI is InChI=1S/C7H7FO3S/c8-12(9,10)11-6-7-4-2-1-3-5-7/h1-5H,6H2. The van der Waals surface area contributed by atoms with Crippen LogP contribution in [-0.4, -0.2) is 8.42 Å². The van der Waals surface area contributed by atoms with Gasteiger partial charge in [0.2, 0.25) is 0 Å². The summed E-state index contributed by atoms with van der Waals surface area (Å²) >= 11 is 0. The van der Waals surface area contributed by atoms with Crippen molar-refractivity contribution >= 4 is 10.5 Å². The van der Waals surface area contributed by atoms with Crippen molar-refractivity contribution in [3.8, 4) is 0 Å². The molecular formula is C7H7FO3S. The van der Waals surface area contributed by atoms with Gasteiger partial charge >= 0.3 is 10.5 Å². The molecule has 0 atom stereocenters. The van der Waals surface area contributed by atoms with Gasteiger partial charge in [0.15, 0.2) is 0 Å². The predicted octanol–water partition coefficient (Wildman–Crippen LogP) is 1.42. The second-order valence-corrected chi connectivity index (χ2v) is 3.16. The summed E-state index contributed by atoms with van der Waals surface area (Å²) in [5, 5.41) is 0. The monoisotopic (exact) mass is 190 g/mol. The molecule has 5 heteroatoms. The average Bonchev–Trinajstić information content (AvgIpc) is 2.02. The fraction of sp³-hybridized carbons (Fsp3) is 0.143. The zero-order chi connectivity index (χ0) is 9.03. The fourth-order valence-corrected chi connectivity index (χ4v) is 0.990. The molecule has 0 saturated heterocycles. The van der Waals surface area contributed by atoms with Crippen molar-refractivity contribution in [1.82, 2.24) is 0 Å². The Hall–Kier alpha value is -0.940. The van der Waals surface area contributed by atoms with Crippen molar-refractivity contribution in [2.45, 2.75) is 6.61 Å². The first-order chi connectivity index (χ1) is 5.58. The van der Waals surface area contributed by atoms with E-state index in [1.807, 2.05) is 0 Å². The molecule has 1 aromatic carbocycles. The first kappa shape index (κ1) is 9.15. The molecule has 66 valence electrons. The topological polar surface area (TPSA) is 43.4 Å². The summed E-state index contributed by atoms with van der Waals surface area (Å²) in [6, 6.07) is 8.48. The highest BCUT2D eigenvalue weighted by Gasteiger charge is 2.06. The van der Waals surface area contributed by atoms with Crippen molar-refractivity contribution in [2.24, 2.45) is 0 Å². The molecule has 0 N–H and O–H groups in total. The molecule has 3 nitrogen and oxygen atoms in total. The number of hydrogen-bond donors (Lipinski definition) is 0. The van der Waals surface area contributed by atoms with Crippen LogP contribution in [0.5, 0.6) is 0 Å². The van der Waals surface area contributed by atoms with Crippen LogP contribution in [0.4, 0.5) is 3.89 Å². The van der Waals surface area contributed by atoms with Crippen LogP contribution in [-0.2, 0) is 21.3 Å². The second-order valence-electron chi connectivity index (χ2n) is 2.14. The number of rotatable bonds is 3. The van der Waals surface area contributed by atoms with E-state index in [1.165, 1.54) is 0 Å². The molecule has 1 rings (SSSR count). The Labute approximate surface area is 70.2 Å². The van der Waals surface area contributed by atoms with Gasteiger partial charge in [0.25, 0.3) is 0 Å². The highest BCUT2D eigenvalue weighted by Crippen LogP contribution is 2.04. The van der Waals surface area contributed by atoms with E-state index in [-0.39, 0.29) is 6.61 Å². The minimum Gasteiger partial charge on any atom is -0.240 e. The van der Waals surface area contributed by atoms with E-state index in [4.69, 9.17) is 0 Å². The Morgan fingerprint density at radius 2 is 1.83 bits per heavy atom. The van der Waals surface area contributed by atoms with Crippen molar-refractivity contribution in [1.29, 1.82) is 0 Å². The Bertz CT molecular complexity index is 333. The van der Waals surface area contributed by atoms with Crippen LogP contribution in [0.15, 0.2) is 30.3 Å². The van der Waals surface area contributed by atoms with Crippen molar-refractivity contribution in [2.75, 3.05) is 0 Å². The van der Waals surface area contributed by atoms with Crippen molar-refractivity contribution in [3.63, 3.8) is 0 Å². The summed E-state index contributed by atoms with van der Waals surface area (Å²) in [6.07, 6.45) is 0. The quantitative estimate of drug-likeness (QED) is 0.677. The van der Waals surface area contributed by atoms with Gasteiger partial charge in [-0.1, -0.05) is 34.2 Å². The zero-order valence-electron chi connectivity index (χ0n) is 6.10. The highest BCUT2D eigenvalue weighted by atomic mass is 32.3. The van der Waals surface area contributed by atoms with Gasteiger partial charge in [-0.3, -0.25) is 0 Å². The summed E-state index contributed by atoms with van der Waals surface area (Å²) in [4.78, 5) is 0. The van der Waals surface area contributed by atoms with Crippen LogP contribution in [0.25, 0.3) is 0 Å². The lowest BCUT2D eigenvalue weighted by molar-refractivity contribution is 0.284. The lowest BCUT2D eigenvalue weighted by Gasteiger charge is -1.97. The molecule has 0 spiro atoms. The number of benzene rings is 1. The zero-order valence-corrected chi connectivity index (χ0v) is 6.92. The molecule has 0 heterocycles. The molecule has 0 unspecified atom stereocenters. The third-order valence-corrected chi connectivity index (χ3v) is 1.61. The van der Waals surface area contributed by atoms with Crippen LogP contribution in [0.3, 0.4) is 0 Å². The summed E-state index contributed by atoms with van der Waals surface area (Å²) in [7, 11) is -4.82. The lowest BCUT2D eigenvalue weighted by atomic mass is 10.2. The van der Waals surface area contributed by atoms with Gasteiger partial charge in [0.1, 0.15) is 0 Å². The van der Waals surface area contributed by atoms with Gasteiger partial charge in [0.05, 0.1) is 6.61 Å². The maximum absolute atomic E-state index is 11.8. The maximum atomic E-state index is 11.8. The molecule has 1 aromatic rings. The van der Waals surface area contributed by atoms with Crippen LogP contribution in [0.1, 0.15) is 5.56 Å². The van der Waals surface area contributed by atoms with Crippen LogP contribution in [0, 0.1) is 0 Å². The summed E-state index contributed by atoms with van der Waals surface area (Å²) < 4.78 is 35.6. The molecule has 0 aliphatic carbocycles. The van der Waals surface area contributed by atoms with Crippen LogP contribution in [0.2, 0.25) is 0 Å². The Morgan fingerprint density at radius 1 is 1.25 bits per heavy atom. The normalized spacial score (nSPS) is 11.4. The minimum absolute atomic E-state index is 0.264. The van der Waals surface area contributed by atoms with Gasteiger partial charge in [-0.05, 0) is 5.56 Å². The second kappa shape index (κ2) is 3.64. The largest absolute Gasteiger partial charge is 0.437 e.